The van der Waals surface area contributed by atoms with E-state index < -0.39 is 0 Å². The van der Waals surface area contributed by atoms with E-state index in [4.69, 9.17) is 5.26 Å². The fraction of sp³-hybridized carbons (Fsp3) is 0.0833. The van der Waals surface area contributed by atoms with Gasteiger partial charge in [0.15, 0.2) is 5.69 Å². The van der Waals surface area contributed by atoms with Gasteiger partial charge in [0.05, 0.1) is 33.8 Å². The summed E-state index contributed by atoms with van der Waals surface area (Å²) in [5, 5.41) is 8.95. The number of hydrogen-bond acceptors (Lipinski definition) is 3. The van der Waals surface area contributed by atoms with Crippen molar-refractivity contribution in [3.63, 3.8) is 0 Å². The van der Waals surface area contributed by atoms with Crippen molar-refractivity contribution in [2.45, 2.75) is 0 Å². The van der Waals surface area contributed by atoms with E-state index in [0.717, 1.165) is 27.1 Å². The second kappa shape index (κ2) is 3.83. The molecule has 0 aliphatic carbocycles. The molecule has 0 radical (unpaired) electrons. The molecule has 1 aliphatic heterocycles. The Morgan fingerprint density at radius 1 is 1.28 bits per heavy atom. The lowest BCUT2D eigenvalue weighted by Gasteiger charge is -2.22. The van der Waals surface area contributed by atoms with E-state index in [9.17, 15) is 0 Å². The van der Waals surface area contributed by atoms with Crippen molar-refractivity contribution in [2.24, 2.45) is 0 Å². The van der Waals surface area contributed by atoms with Gasteiger partial charge < -0.3 is 0 Å². The number of nitrogens with zero attached hydrogens (tertiary/aromatic N) is 4. The molecule has 0 bridgehead atoms. The first-order chi connectivity index (χ1) is 8.54. The van der Waals surface area contributed by atoms with E-state index in [1.54, 1.807) is 12.4 Å². The predicted octanol–water partition coefficient (Wildman–Crippen LogP) is 3.15. The van der Waals surface area contributed by atoms with Gasteiger partial charge in [0.2, 0.25) is 5.82 Å². The Bertz CT molecular complexity index is 706. The van der Waals surface area contributed by atoms with E-state index in [0.29, 0.717) is 9.95 Å². The molecular weight excluding hydrogens is 311 g/mol. The molecule has 6 heteroatoms. The minimum atomic E-state index is 0.423. The first-order valence-corrected chi connectivity index (χ1v) is 6.57. The van der Waals surface area contributed by atoms with Crippen molar-refractivity contribution in [3.8, 4) is 17.2 Å². The summed E-state index contributed by atoms with van der Waals surface area (Å²) >= 11 is 3.43. The van der Waals surface area contributed by atoms with Crippen LogP contribution in [0, 0.1) is 11.3 Å². The molecule has 88 valence electrons. The van der Waals surface area contributed by atoms with Crippen LogP contribution in [0.25, 0.3) is 11.1 Å². The van der Waals surface area contributed by atoms with Gasteiger partial charge in [0.25, 0.3) is 0 Å². The summed E-state index contributed by atoms with van der Waals surface area (Å²) in [6.45, 7) is 0. The van der Waals surface area contributed by atoms with Crippen LogP contribution in [0.15, 0.2) is 29.0 Å². The Morgan fingerprint density at radius 2 is 2.06 bits per heavy atom. The molecule has 1 aliphatic rings. The predicted molar refractivity (Wildman–Crippen MR) is 77.0 cm³/mol. The Balaban J connectivity index is 2.38. The average molecular weight is 320 g/mol. The van der Waals surface area contributed by atoms with E-state index >= 15 is 0 Å². The number of quaternary nitrogens is 1. The van der Waals surface area contributed by atoms with E-state index in [1.807, 2.05) is 19.2 Å². The standard InChI is InChI=1S/C12H9BrN4P/c1-17(18)11-6-15-8(4-14)3-9(11)10-2-7(13)5-16-12(10)17/h2-3,5-6H,18H2,1H3/q+1. The smallest absolute Gasteiger partial charge is 0.239 e. The highest BCUT2D eigenvalue weighted by Gasteiger charge is 2.39. The summed E-state index contributed by atoms with van der Waals surface area (Å²) in [6.07, 6.45) is 3.53. The van der Waals surface area contributed by atoms with Gasteiger partial charge in [-0.05, 0) is 28.1 Å². The van der Waals surface area contributed by atoms with Crippen LogP contribution in [0.2, 0.25) is 0 Å². The quantitative estimate of drug-likeness (QED) is 0.701. The van der Waals surface area contributed by atoms with E-state index in [2.05, 4.69) is 41.4 Å². The van der Waals surface area contributed by atoms with Crippen LogP contribution >= 0.6 is 25.3 Å². The van der Waals surface area contributed by atoms with Crippen molar-refractivity contribution < 1.29 is 0 Å². The lowest BCUT2D eigenvalue weighted by atomic mass is 10.1. The zero-order valence-corrected chi connectivity index (χ0v) is 12.3. The molecule has 3 rings (SSSR count). The molecule has 0 saturated carbocycles. The maximum absolute atomic E-state index is 8.95. The van der Waals surface area contributed by atoms with Crippen LogP contribution < -0.4 is 4.25 Å². The number of hydrogen-bond donors (Lipinski definition) is 0. The number of fused-ring (bicyclic) bond motifs is 3. The van der Waals surface area contributed by atoms with Crippen molar-refractivity contribution >= 4 is 36.8 Å². The van der Waals surface area contributed by atoms with Gasteiger partial charge in [0.1, 0.15) is 11.8 Å². The van der Waals surface area contributed by atoms with Gasteiger partial charge in [-0.1, -0.05) is 0 Å². The maximum Gasteiger partial charge on any atom is 0.241 e. The molecule has 2 aromatic heterocycles. The van der Waals surface area contributed by atoms with Gasteiger partial charge >= 0.3 is 0 Å². The van der Waals surface area contributed by atoms with E-state index in [1.165, 1.54) is 0 Å². The highest BCUT2D eigenvalue weighted by Crippen LogP contribution is 2.53. The first-order valence-electron chi connectivity index (χ1n) is 5.26. The van der Waals surface area contributed by atoms with Crippen LogP contribution in [0.1, 0.15) is 5.69 Å². The Morgan fingerprint density at radius 3 is 2.78 bits per heavy atom. The molecule has 4 nitrogen and oxygen atoms in total. The molecular formula is C12H9BrN4P+. The second-order valence-corrected chi connectivity index (χ2v) is 6.25. The van der Waals surface area contributed by atoms with Gasteiger partial charge in [-0.25, -0.2) is 14.2 Å². The van der Waals surface area contributed by atoms with Gasteiger partial charge in [0, 0.05) is 10.7 Å². The third kappa shape index (κ3) is 1.50. The topological polar surface area (TPSA) is 49.6 Å². The number of nitriles is 1. The van der Waals surface area contributed by atoms with Crippen LogP contribution in [-0.4, -0.2) is 17.0 Å². The van der Waals surface area contributed by atoms with Crippen molar-refractivity contribution in [1.29, 1.82) is 5.26 Å². The molecule has 0 fully saturated rings. The van der Waals surface area contributed by atoms with Crippen molar-refractivity contribution in [3.05, 3.63) is 34.7 Å². The molecule has 0 saturated heterocycles. The van der Waals surface area contributed by atoms with Crippen LogP contribution in [0.4, 0.5) is 11.5 Å². The van der Waals surface area contributed by atoms with Crippen LogP contribution in [-0.2, 0) is 0 Å². The highest BCUT2D eigenvalue weighted by molar-refractivity contribution is 9.10. The summed E-state index contributed by atoms with van der Waals surface area (Å²) in [5.41, 5.74) is 3.50. The SMILES string of the molecule is C[N+]1(P)c2cnc(C#N)cc2-c2cc(Br)cnc21. The molecule has 3 heterocycles. The summed E-state index contributed by atoms with van der Waals surface area (Å²) in [7, 11) is 4.80. The second-order valence-electron chi connectivity index (χ2n) is 4.30. The van der Waals surface area contributed by atoms with Crippen LogP contribution in [0.5, 0.6) is 0 Å². The summed E-state index contributed by atoms with van der Waals surface area (Å²) in [4.78, 5) is 8.62. The summed E-state index contributed by atoms with van der Waals surface area (Å²) in [6, 6.07) is 5.91. The minimum Gasteiger partial charge on any atom is -0.239 e. The largest absolute Gasteiger partial charge is 0.241 e. The number of pyridine rings is 2. The molecule has 2 aromatic rings. The maximum atomic E-state index is 8.95. The Hall–Kier alpha value is -1.34. The Kier molecular flexibility index (Phi) is 2.49. The lowest BCUT2D eigenvalue weighted by Crippen LogP contribution is -2.24. The average Bonchev–Trinajstić information content (AvgIpc) is 2.58. The molecule has 2 unspecified atom stereocenters. The molecule has 0 aromatic carbocycles. The van der Waals surface area contributed by atoms with Crippen molar-refractivity contribution in [2.75, 3.05) is 7.05 Å². The molecule has 0 spiro atoms. The summed E-state index contributed by atoms with van der Waals surface area (Å²) in [5.74, 6) is 0.940. The molecule has 18 heavy (non-hydrogen) atoms. The lowest BCUT2D eigenvalue weighted by molar-refractivity contribution is 0.736. The number of rotatable bonds is 0. The monoisotopic (exact) mass is 319 g/mol. The summed E-state index contributed by atoms with van der Waals surface area (Å²) < 4.78 is 1.39. The zero-order valence-electron chi connectivity index (χ0n) is 9.55. The third-order valence-electron chi connectivity index (χ3n) is 3.06. The first kappa shape index (κ1) is 11.7. The highest BCUT2D eigenvalue weighted by atomic mass is 79.9. The molecule has 0 N–H and O–H groups in total. The zero-order chi connectivity index (χ0) is 12.9. The number of aromatic nitrogens is 2. The van der Waals surface area contributed by atoms with Gasteiger partial charge in [-0.3, -0.25) is 0 Å². The normalized spacial score (nSPS) is 20.1. The fourth-order valence-electron chi connectivity index (χ4n) is 2.21. The minimum absolute atomic E-state index is 0.423. The fourth-order valence-corrected chi connectivity index (χ4v) is 2.95. The Labute approximate surface area is 115 Å². The third-order valence-corrected chi connectivity index (χ3v) is 4.02. The molecule has 2 atom stereocenters. The van der Waals surface area contributed by atoms with E-state index in [-0.39, 0.29) is 0 Å². The van der Waals surface area contributed by atoms with Gasteiger partial charge in [-0.2, -0.15) is 5.26 Å². The number of halogens is 1. The van der Waals surface area contributed by atoms with Crippen LogP contribution in [0.3, 0.4) is 0 Å². The van der Waals surface area contributed by atoms with Gasteiger partial charge in [-0.15, -0.1) is 0 Å². The van der Waals surface area contributed by atoms with Crippen molar-refractivity contribution in [1.82, 2.24) is 14.2 Å². The molecule has 0 amide bonds.